The average Bonchev–Trinajstić information content (AvgIpc) is 2.53. The lowest BCUT2D eigenvalue weighted by molar-refractivity contribution is -0.139. The molecule has 0 N–H and O–H groups in total. The fraction of sp³-hybridized carbons (Fsp3) is 0.300. The predicted molar refractivity (Wildman–Crippen MR) is 49.0 cm³/mol. The van der Waals surface area contributed by atoms with Gasteiger partial charge in [0.2, 0.25) is 0 Å². The van der Waals surface area contributed by atoms with Crippen molar-refractivity contribution >= 4 is 12.0 Å². The molecule has 0 aromatic carbocycles. The highest BCUT2D eigenvalue weighted by Crippen LogP contribution is 2.06. The summed E-state index contributed by atoms with van der Waals surface area (Å²) in [5, 5.41) is 0. The summed E-state index contributed by atoms with van der Waals surface area (Å²) in [7, 11) is 0. The Morgan fingerprint density at radius 3 is 2.92 bits per heavy atom. The molecule has 0 saturated heterocycles. The van der Waals surface area contributed by atoms with Crippen LogP contribution in [-0.2, 0) is 9.53 Å². The Morgan fingerprint density at radius 2 is 2.38 bits per heavy atom. The first kappa shape index (κ1) is 9.58. The molecule has 1 rings (SSSR count). The van der Waals surface area contributed by atoms with Crippen LogP contribution in [0.2, 0.25) is 0 Å². The number of carbonyl (C=O) groups is 1. The molecule has 0 radical (unpaired) electrons. The molecular weight excluding hydrogens is 168 g/mol. The topological polar surface area (TPSA) is 39.4 Å². The Hall–Kier alpha value is -1.51. The molecule has 0 unspecified atom stereocenters. The van der Waals surface area contributed by atoms with Gasteiger partial charge in [-0.1, -0.05) is 0 Å². The first-order valence-electron chi connectivity index (χ1n) is 4.02. The predicted octanol–water partition coefficient (Wildman–Crippen LogP) is 2.25. The van der Waals surface area contributed by atoms with Crippen molar-refractivity contribution in [3.8, 4) is 0 Å². The van der Waals surface area contributed by atoms with Crippen LogP contribution in [0.15, 0.2) is 28.4 Å². The minimum atomic E-state index is -0.271. The maximum atomic E-state index is 10.5. The fourth-order valence-electron chi connectivity index (χ4n) is 0.873. The molecule has 13 heavy (non-hydrogen) atoms. The van der Waals surface area contributed by atoms with Gasteiger partial charge in [0.15, 0.2) is 0 Å². The second-order valence-electron chi connectivity index (χ2n) is 2.79. The van der Waals surface area contributed by atoms with E-state index >= 15 is 0 Å². The third-order valence-electron chi connectivity index (χ3n) is 1.43. The van der Waals surface area contributed by atoms with E-state index in [2.05, 4.69) is 0 Å². The van der Waals surface area contributed by atoms with Gasteiger partial charge in [0.1, 0.15) is 12.4 Å². The van der Waals surface area contributed by atoms with Crippen LogP contribution in [-0.4, -0.2) is 12.6 Å². The Kier molecular flexibility index (Phi) is 3.31. The van der Waals surface area contributed by atoms with Crippen LogP contribution >= 0.6 is 0 Å². The largest absolute Gasteiger partial charge is 0.465 e. The number of carbonyl (C=O) groups excluding carboxylic acids is 1. The van der Waals surface area contributed by atoms with E-state index < -0.39 is 0 Å². The van der Waals surface area contributed by atoms with Crippen molar-refractivity contribution in [2.75, 3.05) is 6.61 Å². The van der Waals surface area contributed by atoms with Gasteiger partial charge in [0.25, 0.3) is 0 Å². The lowest BCUT2D eigenvalue weighted by Crippen LogP contribution is -2.00. The lowest BCUT2D eigenvalue weighted by atomic mass is 10.2. The summed E-state index contributed by atoms with van der Waals surface area (Å²) < 4.78 is 9.90. The highest BCUT2D eigenvalue weighted by molar-refractivity contribution is 5.66. The minimum absolute atomic E-state index is 0.271. The highest BCUT2D eigenvalue weighted by atomic mass is 16.5. The van der Waals surface area contributed by atoms with E-state index in [4.69, 9.17) is 9.15 Å². The lowest BCUT2D eigenvalue weighted by Gasteiger charge is -2.00. The molecule has 0 spiro atoms. The number of furan rings is 1. The number of rotatable bonds is 3. The van der Waals surface area contributed by atoms with Gasteiger partial charge < -0.3 is 9.15 Å². The van der Waals surface area contributed by atoms with Gasteiger partial charge in [-0.15, -0.1) is 0 Å². The zero-order chi connectivity index (χ0) is 9.68. The highest BCUT2D eigenvalue weighted by Gasteiger charge is 1.96. The summed E-state index contributed by atoms with van der Waals surface area (Å²) in [6.45, 7) is 3.58. The van der Waals surface area contributed by atoms with Crippen LogP contribution in [0.1, 0.15) is 19.6 Å². The van der Waals surface area contributed by atoms with Crippen LogP contribution in [0, 0.1) is 0 Å². The summed E-state index contributed by atoms with van der Waals surface area (Å²) in [5.74, 6) is 0.497. The van der Waals surface area contributed by atoms with E-state index in [-0.39, 0.29) is 5.97 Å². The molecule has 0 aliphatic heterocycles. The molecule has 3 nitrogen and oxygen atoms in total. The van der Waals surface area contributed by atoms with E-state index in [1.54, 1.807) is 6.26 Å². The number of esters is 1. The van der Waals surface area contributed by atoms with E-state index in [1.807, 2.05) is 25.1 Å². The molecule has 3 heteroatoms. The Morgan fingerprint density at radius 1 is 1.62 bits per heavy atom. The first-order chi connectivity index (χ1) is 6.18. The standard InChI is InChI=1S/C10H12O3/c1-8(7-13-9(2)11)6-10-4-3-5-12-10/h3-6H,7H2,1-2H3/b8-6+. The summed E-state index contributed by atoms with van der Waals surface area (Å²) in [6.07, 6.45) is 3.44. The molecular formula is C10H12O3. The van der Waals surface area contributed by atoms with E-state index in [0.29, 0.717) is 6.61 Å². The number of hydrogen-bond acceptors (Lipinski definition) is 3. The van der Waals surface area contributed by atoms with Gasteiger partial charge in [-0.2, -0.15) is 0 Å². The van der Waals surface area contributed by atoms with Crippen molar-refractivity contribution in [2.24, 2.45) is 0 Å². The maximum Gasteiger partial charge on any atom is 0.302 e. The zero-order valence-electron chi connectivity index (χ0n) is 7.74. The van der Waals surface area contributed by atoms with Gasteiger partial charge >= 0.3 is 5.97 Å². The van der Waals surface area contributed by atoms with Gasteiger partial charge in [0.05, 0.1) is 6.26 Å². The van der Waals surface area contributed by atoms with Gasteiger partial charge in [-0.05, 0) is 30.7 Å². The maximum absolute atomic E-state index is 10.5. The Balaban J connectivity index is 2.47. The third-order valence-corrected chi connectivity index (χ3v) is 1.43. The van der Waals surface area contributed by atoms with Crippen molar-refractivity contribution in [1.29, 1.82) is 0 Å². The first-order valence-corrected chi connectivity index (χ1v) is 4.02. The molecule has 0 aliphatic rings. The Bertz CT molecular complexity index is 296. The molecule has 70 valence electrons. The van der Waals surface area contributed by atoms with Gasteiger partial charge in [-0.25, -0.2) is 0 Å². The normalized spacial score (nSPS) is 11.4. The van der Waals surface area contributed by atoms with Gasteiger partial charge in [-0.3, -0.25) is 4.79 Å². The van der Waals surface area contributed by atoms with Crippen molar-refractivity contribution in [1.82, 2.24) is 0 Å². The molecule has 0 saturated carbocycles. The van der Waals surface area contributed by atoms with Crippen LogP contribution in [0.4, 0.5) is 0 Å². The van der Waals surface area contributed by atoms with Crippen LogP contribution in [0.5, 0.6) is 0 Å². The molecule has 0 bridgehead atoms. The van der Waals surface area contributed by atoms with Crippen molar-refractivity contribution in [3.63, 3.8) is 0 Å². The van der Waals surface area contributed by atoms with Crippen LogP contribution in [0.3, 0.4) is 0 Å². The molecule has 1 aromatic heterocycles. The summed E-state index contributed by atoms with van der Waals surface area (Å²) in [4.78, 5) is 10.5. The van der Waals surface area contributed by atoms with Crippen LogP contribution in [0.25, 0.3) is 6.08 Å². The zero-order valence-corrected chi connectivity index (χ0v) is 7.74. The molecule has 0 atom stereocenters. The van der Waals surface area contributed by atoms with E-state index in [0.717, 1.165) is 11.3 Å². The molecule has 0 aliphatic carbocycles. The van der Waals surface area contributed by atoms with E-state index in [1.165, 1.54) is 6.92 Å². The SMILES string of the molecule is CC(=O)OC/C(C)=C/c1ccco1. The van der Waals surface area contributed by atoms with Crippen LogP contribution < -0.4 is 0 Å². The molecule has 0 fully saturated rings. The molecule has 1 heterocycles. The second kappa shape index (κ2) is 4.50. The average molecular weight is 180 g/mol. The quantitative estimate of drug-likeness (QED) is 0.669. The molecule has 1 aromatic rings. The van der Waals surface area contributed by atoms with Crippen molar-refractivity contribution < 1.29 is 13.9 Å². The fourth-order valence-corrected chi connectivity index (χ4v) is 0.873. The van der Waals surface area contributed by atoms with Crippen molar-refractivity contribution in [2.45, 2.75) is 13.8 Å². The minimum Gasteiger partial charge on any atom is -0.465 e. The number of ether oxygens (including phenoxy) is 1. The molecule has 0 amide bonds. The van der Waals surface area contributed by atoms with Gasteiger partial charge in [0, 0.05) is 6.92 Å². The Labute approximate surface area is 77.0 Å². The monoisotopic (exact) mass is 180 g/mol. The summed E-state index contributed by atoms with van der Waals surface area (Å²) >= 11 is 0. The second-order valence-corrected chi connectivity index (χ2v) is 2.79. The summed E-state index contributed by atoms with van der Waals surface area (Å²) in [5.41, 5.74) is 0.949. The van der Waals surface area contributed by atoms with Crippen molar-refractivity contribution in [3.05, 3.63) is 29.7 Å². The smallest absolute Gasteiger partial charge is 0.302 e. The summed E-state index contributed by atoms with van der Waals surface area (Å²) in [6, 6.07) is 3.65. The van der Waals surface area contributed by atoms with E-state index in [9.17, 15) is 4.79 Å². The third kappa shape index (κ3) is 3.60. The number of hydrogen-bond donors (Lipinski definition) is 0.